The Kier molecular flexibility index (Phi) is 5.65. The summed E-state index contributed by atoms with van der Waals surface area (Å²) in [5.74, 6) is 0.774. The van der Waals surface area contributed by atoms with Crippen molar-refractivity contribution in [1.29, 1.82) is 0 Å². The molecule has 1 aromatic heterocycles. The molecule has 1 amide bonds. The van der Waals surface area contributed by atoms with Crippen molar-refractivity contribution in [1.82, 2.24) is 5.32 Å². The predicted molar refractivity (Wildman–Crippen MR) is 87.0 cm³/mol. The molecule has 0 fully saturated rings. The maximum atomic E-state index is 12.0. The summed E-state index contributed by atoms with van der Waals surface area (Å²) in [5.41, 5.74) is 0. The summed E-state index contributed by atoms with van der Waals surface area (Å²) in [6.45, 7) is 4.15. The van der Waals surface area contributed by atoms with Gasteiger partial charge in [-0.2, -0.15) is 0 Å². The molecule has 1 aromatic carbocycles. The Morgan fingerprint density at radius 1 is 1.33 bits per heavy atom. The summed E-state index contributed by atoms with van der Waals surface area (Å²) in [5, 5.41) is 5.62. The molecule has 3 nitrogen and oxygen atoms in total. The smallest absolute Gasteiger partial charge is 0.258 e. The van der Waals surface area contributed by atoms with Crippen molar-refractivity contribution in [2.24, 2.45) is 5.92 Å². The van der Waals surface area contributed by atoms with Crippen LogP contribution in [0.3, 0.4) is 0 Å². The first-order valence-corrected chi connectivity index (χ1v) is 8.03. The third kappa shape index (κ3) is 4.76. The number of amides is 1. The maximum absolute atomic E-state index is 12.0. The fraction of sp³-hybridized carbons (Fsp3) is 0.312. The SMILES string of the molecule is CC(C)[C@H](NC(=O)COc1cccc(Cl)c1)c1cccs1. The summed E-state index contributed by atoms with van der Waals surface area (Å²) in [6, 6.07) is 11.1. The van der Waals surface area contributed by atoms with E-state index in [2.05, 4.69) is 19.2 Å². The Hall–Kier alpha value is -1.52. The molecule has 2 rings (SSSR count). The van der Waals surface area contributed by atoms with Crippen LogP contribution in [0.5, 0.6) is 5.75 Å². The number of thiophene rings is 1. The van der Waals surface area contributed by atoms with Gasteiger partial charge in [0.25, 0.3) is 5.91 Å². The second kappa shape index (κ2) is 7.48. The second-order valence-corrected chi connectivity index (χ2v) is 6.47. The first-order valence-electron chi connectivity index (χ1n) is 6.77. The highest BCUT2D eigenvalue weighted by atomic mass is 35.5. The molecule has 2 aromatic rings. The minimum Gasteiger partial charge on any atom is -0.484 e. The molecular weight excluding hydrogens is 306 g/mol. The molecule has 1 atom stereocenters. The van der Waals surface area contributed by atoms with Gasteiger partial charge in [0.1, 0.15) is 5.75 Å². The summed E-state index contributed by atoms with van der Waals surface area (Å²) >= 11 is 7.52. The average molecular weight is 324 g/mol. The third-order valence-corrected chi connectivity index (χ3v) is 4.19. The zero-order chi connectivity index (χ0) is 15.2. The number of hydrogen-bond acceptors (Lipinski definition) is 3. The van der Waals surface area contributed by atoms with Crippen molar-refractivity contribution in [2.45, 2.75) is 19.9 Å². The number of nitrogens with one attached hydrogen (secondary N) is 1. The molecule has 0 bridgehead atoms. The molecule has 0 aliphatic carbocycles. The summed E-state index contributed by atoms with van der Waals surface area (Å²) in [7, 11) is 0. The lowest BCUT2D eigenvalue weighted by Crippen LogP contribution is -2.34. The van der Waals surface area contributed by atoms with Crippen molar-refractivity contribution in [3.8, 4) is 5.75 Å². The van der Waals surface area contributed by atoms with E-state index in [4.69, 9.17) is 16.3 Å². The normalized spacial score (nSPS) is 12.2. The molecule has 0 aliphatic rings. The molecule has 0 saturated carbocycles. The van der Waals surface area contributed by atoms with Gasteiger partial charge >= 0.3 is 0 Å². The predicted octanol–water partition coefficient (Wildman–Crippen LogP) is 4.29. The minimum atomic E-state index is -0.137. The quantitative estimate of drug-likeness (QED) is 0.861. The summed E-state index contributed by atoms with van der Waals surface area (Å²) in [6.07, 6.45) is 0. The molecular formula is C16H18ClNO2S. The van der Waals surface area contributed by atoms with E-state index in [9.17, 15) is 4.79 Å². The number of ether oxygens (including phenoxy) is 1. The van der Waals surface area contributed by atoms with Crippen LogP contribution in [0, 0.1) is 5.92 Å². The van der Waals surface area contributed by atoms with E-state index in [0.717, 1.165) is 4.88 Å². The van der Waals surface area contributed by atoms with Crippen LogP contribution in [-0.2, 0) is 4.79 Å². The largest absolute Gasteiger partial charge is 0.484 e. The average Bonchev–Trinajstić information content (AvgIpc) is 2.96. The lowest BCUT2D eigenvalue weighted by Gasteiger charge is -2.21. The lowest BCUT2D eigenvalue weighted by molar-refractivity contribution is -0.124. The second-order valence-electron chi connectivity index (χ2n) is 5.05. The van der Waals surface area contributed by atoms with Crippen LogP contribution < -0.4 is 10.1 Å². The van der Waals surface area contributed by atoms with E-state index >= 15 is 0 Å². The molecule has 0 aliphatic heterocycles. The van der Waals surface area contributed by atoms with Crippen LogP contribution in [0.4, 0.5) is 0 Å². The standard InChI is InChI=1S/C16H18ClNO2S/c1-11(2)16(14-7-4-8-21-14)18-15(19)10-20-13-6-3-5-12(17)9-13/h3-9,11,16H,10H2,1-2H3,(H,18,19)/t16-/m0/s1. The number of carbonyl (C=O) groups excluding carboxylic acids is 1. The van der Waals surface area contributed by atoms with E-state index in [1.807, 2.05) is 17.5 Å². The zero-order valence-corrected chi connectivity index (χ0v) is 13.6. The molecule has 0 spiro atoms. The van der Waals surface area contributed by atoms with Gasteiger partial charge in [0, 0.05) is 9.90 Å². The summed E-state index contributed by atoms with van der Waals surface area (Å²) in [4.78, 5) is 13.2. The minimum absolute atomic E-state index is 0.0143. The van der Waals surface area contributed by atoms with Crippen molar-refractivity contribution in [2.75, 3.05) is 6.61 Å². The van der Waals surface area contributed by atoms with E-state index in [1.165, 1.54) is 0 Å². The molecule has 0 unspecified atom stereocenters. The van der Waals surface area contributed by atoms with Gasteiger partial charge in [0.2, 0.25) is 0 Å². The molecule has 112 valence electrons. The molecule has 0 radical (unpaired) electrons. The number of benzene rings is 1. The number of carbonyl (C=O) groups is 1. The monoisotopic (exact) mass is 323 g/mol. The topological polar surface area (TPSA) is 38.3 Å². The van der Waals surface area contributed by atoms with E-state index in [-0.39, 0.29) is 18.6 Å². The highest BCUT2D eigenvalue weighted by Crippen LogP contribution is 2.25. The van der Waals surface area contributed by atoms with E-state index in [0.29, 0.717) is 16.7 Å². The van der Waals surface area contributed by atoms with Gasteiger partial charge in [-0.1, -0.05) is 37.6 Å². The number of hydrogen-bond donors (Lipinski definition) is 1. The zero-order valence-electron chi connectivity index (χ0n) is 12.0. The van der Waals surface area contributed by atoms with Gasteiger partial charge in [-0.05, 0) is 35.6 Å². The van der Waals surface area contributed by atoms with E-state index < -0.39 is 0 Å². The molecule has 5 heteroatoms. The van der Waals surface area contributed by atoms with Gasteiger partial charge in [-0.15, -0.1) is 11.3 Å². The lowest BCUT2D eigenvalue weighted by atomic mass is 10.0. The van der Waals surface area contributed by atoms with Crippen LogP contribution >= 0.6 is 22.9 Å². The Labute approximate surface area is 133 Å². The molecule has 1 N–H and O–H groups in total. The van der Waals surface area contributed by atoms with Gasteiger partial charge in [0.15, 0.2) is 6.61 Å². The molecule has 1 heterocycles. The van der Waals surface area contributed by atoms with Crippen molar-refractivity contribution >= 4 is 28.8 Å². The summed E-state index contributed by atoms with van der Waals surface area (Å²) < 4.78 is 5.45. The van der Waals surface area contributed by atoms with Crippen molar-refractivity contribution in [3.63, 3.8) is 0 Å². The number of halogens is 1. The van der Waals surface area contributed by atoms with Crippen LogP contribution in [0.25, 0.3) is 0 Å². The fourth-order valence-electron chi connectivity index (χ4n) is 1.96. The first-order chi connectivity index (χ1) is 10.1. The van der Waals surface area contributed by atoms with Gasteiger partial charge in [-0.25, -0.2) is 0 Å². The van der Waals surface area contributed by atoms with Crippen molar-refractivity contribution in [3.05, 3.63) is 51.7 Å². The Morgan fingerprint density at radius 2 is 2.14 bits per heavy atom. The first kappa shape index (κ1) is 15.9. The third-order valence-electron chi connectivity index (χ3n) is 3.00. The van der Waals surface area contributed by atoms with Crippen LogP contribution in [0.1, 0.15) is 24.8 Å². The van der Waals surface area contributed by atoms with Crippen LogP contribution in [0.2, 0.25) is 5.02 Å². The maximum Gasteiger partial charge on any atom is 0.258 e. The van der Waals surface area contributed by atoms with Gasteiger partial charge < -0.3 is 10.1 Å². The highest BCUT2D eigenvalue weighted by molar-refractivity contribution is 7.10. The van der Waals surface area contributed by atoms with Crippen molar-refractivity contribution < 1.29 is 9.53 Å². The Balaban J connectivity index is 1.91. The highest BCUT2D eigenvalue weighted by Gasteiger charge is 2.19. The van der Waals surface area contributed by atoms with Crippen LogP contribution in [-0.4, -0.2) is 12.5 Å². The van der Waals surface area contributed by atoms with E-state index in [1.54, 1.807) is 35.6 Å². The number of rotatable bonds is 6. The Morgan fingerprint density at radius 3 is 2.76 bits per heavy atom. The van der Waals surface area contributed by atoms with Gasteiger partial charge in [-0.3, -0.25) is 4.79 Å². The van der Waals surface area contributed by atoms with Crippen LogP contribution in [0.15, 0.2) is 41.8 Å². The van der Waals surface area contributed by atoms with Gasteiger partial charge in [0.05, 0.1) is 6.04 Å². The molecule has 0 saturated heterocycles. The fourth-order valence-corrected chi connectivity index (χ4v) is 3.08. The Bertz CT molecular complexity index is 584. The molecule has 21 heavy (non-hydrogen) atoms.